The Labute approximate surface area is 158 Å². The quantitative estimate of drug-likeness (QED) is 0.629. The third kappa shape index (κ3) is 3.38. The van der Waals surface area contributed by atoms with Crippen LogP contribution in [0.15, 0.2) is 78.9 Å². The SMILES string of the molecule is O=C(Nc1ccccc1Cc1ccccc1)C1(c2ccc(Cl)cc2)CC1. The lowest BCUT2D eigenvalue weighted by Crippen LogP contribution is -2.28. The fraction of sp³-hybridized carbons (Fsp3) is 0.174. The second-order valence-corrected chi connectivity index (χ2v) is 7.30. The first-order chi connectivity index (χ1) is 12.7. The van der Waals surface area contributed by atoms with Crippen LogP contribution in [-0.4, -0.2) is 5.91 Å². The van der Waals surface area contributed by atoms with Crippen molar-refractivity contribution < 1.29 is 4.79 Å². The monoisotopic (exact) mass is 361 g/mol. The largest absolute Gasteiger partial charge is 0.325 e. The Morgan fingerprint density at radius 1 is 0.885 bits per heavy atom. The van der Waals surface area contributed by atoms with Crippen LogP contribution in [0.2, 0.25) is 5.02 Å². The number of hydrogen-bond acceptors (Lipinski definition) is 1. The van der Waals surface area contributed by atoms with E-state index in [2.05, 4.69) is 23.5 Å². The highest BCUT2D eigenvalue weighted by atomic mass is 35.5. The number of rotatable bonds is 5. The molecule has 0 unspecified atom stereocenters. The molecule has 1 aliphatic rings. The van der Waals surface area contributed by atoms with E-state index >= 15 is 0 Å². The Bertz CT molecular complexity index is 914. The molecule has 0 bridgehead atoms. The molecule has 2 nitrogen and oxygen atoms in total. The molecule has 130 valence electrons. The topological polar surface area (TPSA) is 29.1 Å². The van der Waals surface area contributed by atoms with Crippen LogP contribution in [0.3, 0.4) is 0 Å². The highest BCUT2D eigenvalue weighted by molar-refractivity contribution is 6.30. The molecule has 0 atom stereocenters. The van der Waals surface area contributed by atoms with Gasteiger partial charge in [0.05, 0.1) is 5.41 Å². The fourth-order valence-corrected chi connectivity index (χ4v) is 3.52. The van der Waals surface area contributed by atoms with Gasteiger partial charge in [-0.25, -0.2) is 0 Å². The van der Waals surface area contributed by atoms with Gasteiger partial charge in [0.15, 0.2) is 0 Å². The summed E-state index contributed by atoms with van der Waals surface area (Å²) in [7, 11) is 0. The number of carbonyl (C=O) groups excluding carboxylic acids is 1. The Morgan fingerprint density at radius 3 is 2.23 bits per heavy atom. The van der Waals surface area contributed by atoms with Gasteiger partial charge in [-0.05, 0) is 54.2 Å². The smallest absolute Gasteiger partial charge is 0.235 e. The molecule has 0 heterocycles. The number of hydrogen-bond donors (Lipinski definition) is 1. The molecule has 0 radical (unpaired) electrons. The molecule has 0 saturated heterocycles. The molecular weight excluding hydrogens is 342 g/mol. The maximum Gasteiger partial charge on any atom is 0.235 e. The number of anilines is 1. The van der Waals surface area contributed by atoms with Crippen molar-refractivity contribution in [3.63, 3.8) is 0 Å². The van der Waals surface area contributed by atoms with Crippen molar-refractivity contribution >= 4 is 23.2 Å². The summed E-state index contributed by atoms with van der Waals surface area (Å²) in [5.74, 6) is 0.0698. The number of amides is 1. The first-order valence-corrected chi connectivity index (χ1v) is 9.24. The van der Waals surface area contributed by atoms with Crippen LogP contribution in [0.4, 0.5) is 5.69 Å². The molecule has 0 aliphatic heterocycles. The van der Waals surface area contributed by atoms with Gasteiger partial charge in [0.1, 0.15) is 0 Å². The van der Waals surface area contributed by atoms with Crippen LogP contribution in [0.1, 0.15) is 29.5 Å². The van der Waals surface area contributed by atoms with Crippen LogP contribution >= 0.6 is 11.6 Å². The predicted molar refractivity (Wildman–Crippen MR) is 107 cm³/mol. The predicted octanol–water partition coefficient (Wildman–Crippen LogP) is 5.60. The van der Waals surface area contributed by atoms with E-state index in [9.17, 15) is 4.79 Å². The summed E-state index contributed by atoms with van der Waals surface area (Å²) < 4.78 is 0. The molecule has 4 rings (SSSR count). The van der Waals surface area contributed by atoms with Gasteiger partial charge in [0.25, 0.3) is 0 Å². The van der Waals surface area contributed by atoms with Gasteiger partial charge in [0.2, 0.25) is 5.91 Å². The minimum atomic E-state index is -0.412. The van der Waals surface area contributed by atoms with Crippen molar-refractivity contribution in [3.05, 3.63) is 101 Å². The van der Waals surface area contributed by atoms with Crippen molar-refractivity contribution in [2.75, 3.05) is 5.32 Å². The molecule has 1 N–H and O–H groups in total. The van der Waals surface area contributed by atoms with E-state index in [1.165, 1.54) is 5.56 Å². The van der Waals surface area contributed by atoms with Crippen LogP contribution in [0, 0.1) is 0 Å². The van der Waals surface area contributed by atoms with E-state index in [0.29, 0.717) is 5.02 Å². The van der Waals surface area contributed by atoms with Gasteiger partial charge in [-0.1, -0.05) is 72.3 Å². The van der Waals surface area contributed by atoms with Gasteiger partial charge in [0, 0.05) is 10.7 Å². The van der Waals surface area contributed by atoms with E-state index in [4.69, 9.17) is 11.6 Å². The molecule has 3 heteroatoms. The average molecular weight is 362 g/mol. The zero-order valence-electron chi connectivity index (χ0n) is 14.4. The third-order valence-corrected chi connectivity index (χ3v) is 5.34. The first-order valence-electron chi connectivity index (χ1n) is 8.87. The highest BCUT2D eigenvalue weighted by Gasteiger charge is 2.51. The summed E-state index contributed by atoms with van der Waals surface area (Å²) in [6.45, 7) is 0. The lowest BCUT2D eigenvalue weighted by molar-refractivity contribution is -0.118. The summed E-state index contributed by atoms with van der Waals surface area (Å²) in [5.41, 5.74) is 3.87. The first kappa shape index (κ1) is 16.9. The molecule has 1 amide bonds. The molecule has 1 aliphatic carbocycles. The molecule has 0 aromatic heterocycles. The molecule has 0 spiro atoms. The van der Waals surface area contributed by atoms with Gasteiger partial charge >= 0.3 is 0 Å². The van der Waals surface area contributed by atoms with Crippen LogP contribution in [0.25, 0.3) is 0 Å². The average Bonchev–Trinajstić information content (AvgIpc) is 3.47. The minimum absolute atomic E-state index is 0.0698. The fourth-order valence-electron chi connectivity index (χ4n) is 3.39. The Morgan fingerprint density at radius 2 is 1.54 bits per heavy atom. The van der Waals surface area contributed by atoms with Gasteiger partial charge in [-0.3, -0.25) is 4.79 Å². The maximum atomic E-state index is 13.0. The highest BCUT2D eigenvalue weighted by Crippen LogP contribution is 2.49. The Balaban J connectivity index is 1.56. The lowest BCUT2D eigenvalue weighted by atomic mass is 9.94. The second kappa shape index (κ2) is 6.97. The van der Waals surface area contributed by atoms with Crippen molar-refractivity contribution in [1.29, 1.82) is 0 Å². The van der Waals surface area contributed by atoms with Gasteiger partial charge < -0.3 is 5.32 Å². The number of nitrogens with one attached hydrogen (secondary N) is 1. The summed E-state index contributed by atoms with van der Waals surface area (Å²) in [4.78, 5) is 13.0. The molecule has 1 saturated carbocycles. The molecule has 3 aromatic rings. The van der Waals surface area contributed by atoms with Crippen molar-refractivity contribution in [2.24, 2.45) is 0 Å². The normalized spacial score (nSPS) is 14.7. The summed E-state index contributed by atoms with van der Waals surface area (Å²) in [6.07, 6.45) is 2.55. The summed E-state index contributed by atoms with van der Waals surface area (Å²) in [6, 6.07) is 26.0. The van der Waals surface area contributed by atoms with Gasteiger partial charge in [-0.2, -0.15) is 0 Å². The lowest BCUT2D eigenvalue weighted by Gasteiger charge is -2.18. The zero-order chi connectivity index (χ0) is 18.0. The van der Waals surface area contributed by atoms with Crippen molar-refractivity contribution in [1.82, 2.24) is 0 Å². The van der Waals surface area contributed by atoms with Crippen molar-refractivity contribution in [2.45, 2.75) is 24.7 Å². The van der Waals surface area contributed by atoms with Gasteiger partial charge in [-0.15, -0.1) is 0 Å². The summed E-state index contributed by atoms with van der Waals surface area (Å²) >= 11 is 5.99. The van der Waals surface area contributed by atoms with E-state index in [1.54, 1.807) is 0 Å². The molecule has 26 heavy (non-hydrogen) atoms. The Kier molecular flexibility index (Phi) is 4.52. The van der Waals surface area contributed by atoms with E-state index in [0.717, 1.165) is 36.1 Å². The van der Waals surface area contributed by atoms with Crippen LogP contribution in [-0.2, 0) is 16.6 Å². The van der Waals surface area contributed by atoms with Crippen molar-refractivity contribution in [3.8, 4) is 0 Å². The minimum Gasteiger partial charge on any atom is -0.325 e. The number of halogens is 1. The van der Waals surface area contributed by atoms with E-state index in [-0.39, 0.29) is 5.91 Å². The Hall–Kier alpha value is -2.58. The third-order valence-electron chi connectivity index (χ3n) is 5.08. The van der Waals surface area contributed by atoms with Crippen LogP contribution in [0.5, 0.6) is 0 Å². The maximum absolute atomic E-state index is 13.0. The van der Waals surface area contributed by atoms with E-state index in [1.807, 2.05) is 60.7 Å². The summed E-state index contributed by atoms with van der Waals surface area (Å²) in [5, 5.41) is 3.87. The number of carbonyl (C=O) groups is 1. The van der Waals surface area contributed by atoms with Crippen LogP contribution < -0.4 is 5.32 Å². The second-order valence-electron chi connectivity index (χ2n) is 6.86. The number of para-hydroxylation sites is 1. The zero-order valence-corrected chi connectivity index (χ0v) is 15.2. The number of benzene rings is 3. The molecule has 1 fully saturated rings. The van der Waals surface area contributed by atoms with E-state index < -0.39 is 5.41 Å². The molecular formula is C23H20ClNO. The molecule has 3 aromatic carbocycles. The standard InChI is InChI=1S/C23H20ClNO/c24-20-12-10-19(11-13-20)23(14-15-23)22(26)25-21-9-5-4-8-18(21)16-17-6-2-1-3-7-17/h1-13H,14-16H2,(H,25,26).